The van der Waals surface area contributed by atoms with Crippen molar-refractivity contribution >= 4 is 11.8 Å². The molecule has 94 valence electrons. The Morgan fingerprint density at radius 3 is 2.65 bits per heavy atom. The number of nitrogens with one attached hydrogen (secondary N) is 1. The molecule has 1 aromatic rings. The topological polar surface area (TPSA) is 41.1 Å². The highest BCUT2D eigenvalue weighted by Gasteiger charge is 2.19. The van der Waals surface area contributed by atoms with Crippen LogP contribution in [-0.2, 0) is 0 Å². The number of anilines is 2. The highest BCUT2D eigenvalue weighted by atomic mass is 15.2. The molecule has 0 radical (unpaired) electrons. The zero-order chi connectivity index (χ0) is 12.3. The Kier molecular flexibility index (Phi) is 3.82. The van der Waals surface area contributed by atoms with Crippen LogP contribution in [0.5, 0.6) is 0 Å². The first-order chi connectivity index (χ1) is 8.22. The second kappa shape index (κ2) is 5.34. The molecule has 0 atom stereocenters. The van der Waals surface area contributed by atoms with Crippen LogP contribution in [0.2, 0.25) is 0 Å². The van der Waals surface area contributed by atoms with Crippen LogP contribution in [0.1, 0.15) is 31.9 Å². The van der Waals surface area contributed by atoms with E-state index >= 15 is 0 Å². The number of aromatic nitrogens is 2. The summed E-state index contributed by atoms with van der Waals surface area (Å²) in [6, 6.07) is 2.08. The van der Waals surface area contributed by atoms with E-state index in [2.05, 4.69) is 33.2 Å². The summed E-state index contributed by atoms with van der Waals surface area (Å²) < 4.78 is 0. The number of hydrogen-bond acceptors (Lipinski definition) is 4. The Labute approximate surface area is 103 Å². The van der Waals surface area contributed by atoms with Crippen molar-refractivity contribution in [2.24, 2.45) is 5.92 Å². The largest absolute Gasteiger partial charge is 0.357 e. The first kappa shape index (κ1) is 12.1. The van der Waals surface area contributed by atoms with Crippen LogP contribution >= 0.6 is 0 Å². The summed E-state index contributed by atoms with van der Waals surface area (Å²) in [5, 5.41) is 3.02. The summed E-state index contributed by atoms with van der Waals surface area (Å²) in [6.07, 6.45) is 3.88. The van der Waals surface area contributed by atoms with Gasteiger partial charge < -0.3 is 10.2 Å². The zero-order valence-corrected chi connectivity index (χ0v) is 11.0. The molecule has 2 heterocycles. The molecule has 1 N–H and O–H groups in total. The van der Waals surface area contributed by atoms with Gasteiger partial charge in [-0.3, -0.25) is 0 Å². The van der Waals surface area contributed by atoms with Gasteiger partial charge in [-0.25, -0.2) is 4.98 Å². The van der Waals surface area contributed by atoms with Crippen molar-refractivity contribution in [3.05, 3.63) is 11.8 Å². The molecule has 1 aliphatic heterocycles. The Balaban J connectivity index is 2.10. The summed E-state index contributed by atoms with van der Waals surface area (Å²) in [6.45, 7) is 6.55. The SMILES string of the molecule is CCC1CCN(c2cc(C)nc(NC)n2)CC1. The molecule has 0 unspecified atom stereocenters. The van der Waals surface area contributed by atoms with Crippen molar-refractivity contribution < 1.29 is 0 Å². The number of aryl methyl sites for hydroxylation is 1. The van der Waals surface area contributed by atoms with Crippen LogP contribution in [0.3, 0.4) is 0 Å². The summed E-state index contributed by atoms with van der Waals surface area (Å²) in [5.41, 5.74) is 1.02. The third-order valence-corrected chi connectivity index (χ3v) is 3.58. The minimum Gasteiger partial charge on any atom is -0.357 e. The minimum atomic E-state index is 0.720. The Morgan fingerprint density at radius 2 is 2.06 bits per heavy atom. The second-order valence-corrected chi connectivity index (χ2v) is 4.78. The van der Waals surface area contributed by atoms with E-state index in [1.165, 1.54) is 19.3 Å². The van der Waals surface area contributed by atoms with Gasteiger partial charge in [-0.05, 0) is 25.7 Å². The zero-order valence-electron chi connectivity index (χ0n) is 11.0. The van der Waals surface area contributed by atoms with Crippen LogP contribution in [0, 0.1) is 12.8 Å². The predicted molar refractivity (Wildman–Crippen MR) is 71.5 cm³/mol. The van der Waals surface area contributed by atoms with Crippen LogP contribution < -0.4 is 10.2 Å². The van der Waals surface area contributed by atoms with Crippen LogP contribution in [0.25, 0.3) is 0 Å². The number of nitrogens with zero attached hydrogens (tertiary/aromatic N) is 3. The van der Waals surface area contributed by atoms with Gasteiger partial charge in [0, 0.05) is 31.9 Å². The smallest absolute Gasteiger partial charge is 0.224 e. The van der Waals surface area contributed by atoms with E-state index < -0.39 is 0 Å². The van der Waals surface area contributed by atoms with Gasteiger partial charge >= 0.3 is 0 Å². The quantitative estimate of drug-likeness (QED) is 0.872. The van der Waals surface area contributed by atoms with E-state index in [0.717, 1.165) is 36.5 Å². The summed E-state index contributed by atoms with van der Waals surface area (Å²) >= 11 is 0. The lowest BCUT2D eigenvalue weighted by molar-refractivity contribution is 0.393. The van der Waals surface area contributed by atoms with Gasteiger partial charge in [-0.2, -0.15) is 4.98 Å². The first-order valence-corrected chi connectivity index (χ1v) is 6.51. The standard InChI is InChI=1S/C13H22N4/c1-4-11-5-7-17(8-6-11)12-9-10(2)15-13(14-3)16-12/h9,11H,4-8H2,1-3H3,(H,14,15,16). The molecule has 0 aliphatic carbocycles. The third-order valence-electron chi connectivity index (χ3n) is 3.58. The average molecular weight is 234 g/mol. The third kappa shape index (κ3) is 2.87. The van der Waals surface area contributed by atoms with Crippen molar-refractivity contribution in [1.29, 1.82) is 0 Å². The molecule has 0 amide bonds. The van der Waals surface area contributed by atoms with E-state index in [1.54, 1.807) is 0 Å². The van der Waals surface area contributed by atoms with Crippen molar-refractivity contribution in [2.45, 2.75) is 33.1 Å². The number of rotatable bonds is 3. The maximum absolute atomic E-state index is 4.53. The van der Waals surface area contributed by atoms with Crippen LogP contribution in [0.15, 0.2) is 6.07 Å². The lowest BCUT2D eigenvalue weighted by atomic mass is 9.94. The molecule has 1 aliphatic rings. The highest BCUT2D eigenvalue weighted by molar-refractivity contribution is 5.44. The maximum atomic E-state index is 4.53. The summed E-state index contributed by atoms with van der Waals surface area (Å²) in [7, 11) is 1.86. The molecule has 2 rings (SSSR count). The molecule has 4 nitrogen and oxygen atoms in total. The Bertz CT molecular complexity index is 370. The Morgan fingerprint density at radius 1 is 1.35 bits per heavy atom. The lowest BCUT2D eigenvalue weighted by Crippen LogP contribution is -2.34. The van der Waals surface area contributed by atoms with Crippen molar-refractivity contribution in [3.63, 3.8) is 0 Å². The molecule has 0 bridgehead atoms. The van der Waals surface area contributed by atoms with Crippen LogP contribution in [0.4, 0.5) is 11.8 Å². The van der Waals surface area contributed by atoms with Gasteiger partial charge in [-0.1, -0.05) is 13.3 Å². The molecule has 1 saturated heterocycles. The molecule has 0 saturated carbocycles. The summed E-state index contributed by atoms with van der Waals surface area (Å²) in [5.74, 6) is 2.69. The van der Waals surface area contributed by atoms with E-state index in [0.29, 0.717) is 0 Å². The second-order valence-electron chi connectivity index (χ2n) is 4.78. The predicted octanol–water partition coefficient (Wildman–Crippen LogP) is 2.45. The minimum absolute atomic E-state index is 0.720. The fourth-order valence-corrected chi connectivity index (χ4v) is 2.40. The monoisotopic (exact) mass is 234 g/mol. The van der Waals surface area contributed by atoms with E-state index in [9.17, 15) is 0 Å². The summed E-state index contributed by atoms with van der Waals surface area (Å²) in [4.78, 5) is 11.2. The molecular weight excluding hydrogens is 212 g/mol. The molecule has 1 fully saturated rings. The van der Waals surface area contributed by atoms with Crippen molar-refractivity contribution in [1.82, 2.24) is 9.97 Å². The van der Waals surface area contributed by atoms with E-state index in [4.69, 9.17) is 0 Å². The van der Waals surface area contributed by atoms with Crippen molar-refractivity contribution in [3.8, 4) is 0 Å². The lowest BCUT2D eigenvalue weighted by Gasteiger charge is -2.32. The maximum Gasteiger partial charge on any atom is 0.224 e. The van der Waals surface area contributed by atoms with Gasteiger partial charge in [0.15, 0.2) is 0 Å². The van der Waals surface area contributed by atoms with Gasteiger partial charge in [0.1, 0.15) is 5.82 Å². The molecule has 0 spiro atoms. The molecule has 17 heavy (non-hydrogen) atoms. The fourth-order valence-electron chi connectivity index (χ4n) is 2.40. The van der Waals surface area contributed by atoms with E-state index in [1.807, 2.05) is 14.0 Å². The van der Waals surface area contributed by atoms with Gasteiger partial charge in [0.2, 0.25) is 5.95 Å². The molecule has 4 heteroatoms. The van der Waals surface area contributed by atoms with Gasteiger partial charge in [-0.15, -0.1) is 0 Å². The molecule has 1 aromatic heterocycles. The molecule has 0 aromatic carbocycles. The Hall–Kier alpha value is -1.32. The van der Waals surface area contributed by atoms with Crippen molar-refractivity contribution in [2.75, 3.05) is 30.4 Å². The van der Waals surface area contributed by atoms with Gasteiger partial charge in [0.25, 0.3) is 0 Å². The van der Waals surface area contributed by atoms with Gasteiger partial charge in [0.05, 0.1) is 0 Å². The highest BCUT2D eigenvalue weighted by Crippen LogP contribution is 2.24. The number of piperidine rings is 1. The average Bonchev–Trinajstić information content (AvgIpc) is 2.38. The van der Waals surface area contributed by atoms with E-state index in [-0.39, 0.29) is 0 Å². The normalized spacial score (nSPS) is 17.2. The number of hydrogen-bond donors (Lipinski definition) is 1. The fraction of sp³-hybridized carbons (Fsp3) is 0.692. The first-order valence-electron chi connectivity index (χ1n) is 6.51. The van der Waals surface area contributed by atoms with Crippen LogP contribution in [-0.4, -0.2) is 30.1 Å². The molecular formula is C13H22N4.